The monoisotopic (exact) mass is 321 g/mol. The first-order valence-corrected chi connectivity index (χ1v) is 9.41. The number of hydrogen-bond donors (Lipinski definition) is 2. The normalized spacial score (nSPS) is 20.3. The lowest BCUT2D eigenvalue weighted by atomic mass is 10.1. The standard InChI is InChI=1S/C14H31N3O3S/c1-13(2)15-9-6-11-17(3)21(18,19)16-10-8-14-7-4-5-12-20-14/h13-16H,4-12H2,1-3H3. The second-order valence-corrected chi connectivity index (χ2v) is 7.82. The molecule has 126 valence electrons. The van der Waals surface area contributed by atoms with Crippen molar-refractivity contribution in [2.75, 3.05) is 33.3 Å². The zero-order valence-electron chi connectivity index (χ0n) is 13.6. The lowest BCUT2D eigenvalue weighted by Crippen LogP contribution is -2.40. The van der Waals surface area contributed by atoms with Crippen LogP contribution >= 0.6 is 0 Å². The average molecular weight is 321 g/mol. The van der Waals surface area contributed by atoms with Crippen LogP contribution in [-0.4, -0.2) is 58.2 Å². The molecule has 2 N–H and O–H groups in total. The van der Waals surface area contributed by atoms with Crippen LogP contribution in [0, 0.1) is 0 Å². The van der Waals surface area contributed by atoms with Gasteiger partial charge < -0.3 is 10.1 Å². The van der Waals surface area contributed by atoms with E-state index in [1.54, 1.807) is 7.05 Å². The summed E-state index contributed by atoms with van der Waals surface area (Å²) in [7, 11) is -1.74. The number of nitrogens with one attached hydrogen (secondary N) is 2. The van der Waals surface area contributed by atoms with E-state index in [4.69, 9.17) is 4.74 Å². The average Bonchev–Trinajstić information content (AvgIpc) is 2.44. The fourth-order valence-corrected chi connectivity index (χ4v) is 3.27. The number of nitrogens with zero attached hydrogens (tertiary/aromatic N) is 1. The van der Waals surface area contributed by atoms with Gasteiger partial charge in [0.15, 0.2) is 0 Å². The lowest BCUT2D eigenvalue weighted by Gasteiger charge is -2.23. The van der Waals surface area contributed by atoms with E-state index in [1.165, 1.54) is 10.7 Å². The van der Waals surface area contributed by atoms with Crippen molar-refractivity contribution in [3.63, 3.8) is 0 Å². The molecule has 1 saturated heterocycles. The van der Waals surface area contributed by atoms with Gasteiger partial charge >= 0.3 is 0 Å². The molecule has 21 heavy (non-hydrogen) atoms. The molecule has 0 aliphatic carbocycles. The van der Waals surface area contributed by atoms with Gasteiger partial charge in [-0.1, -0.05) is 13.8 Å². The molecule has 1 aliphatic rings. The van der Waals surface area contributed by atoms with E-state index in [-0.39, 0.29) is 6.10 Å². The highest BCUT2D eigenvalue weighted by molar-refractivity contribution is 7.87. The van der Waals surface area contributed by atoms with E-state index in [9.17, 15) is 8.42 Å². The highest BCUT2D eigenvalue weighted by Crippen LogP contribution is 2.15. The maximum absolute atomic E-state index is 12.1. The molecule has 1 heterocycles. The molecule has 0 spiro atoms. The molecule has 0 aromatic rings. The first-order valence-electron chi connectivity index (χ1n) is 7.97. The molecule has 7 heteroatoms. The molecule has 0 bridgehead atoms. The SMILES string of the molecule is CC(C)NCCCN(C)S(=O)(=O)NCCC1CCCCO1. The Bertz CT molecular complexity index is 368. The Labute approximate surface area is 129 Å². The number of rotatable bonds is 10. The van der Waals surface area contributed by atoms with Gasteiger partial charge in [-0.15, -0.1) is 0 Å². The highest BCUT2D eigenvalue weighted by atomic mass is 32.2. The van der Waals surface area contributed by atoms with Crippen molar-refractivity contribution in [2.45, 2.75) is 58.1 Å². The van der Waals surface area contributed by atoms with Crippen molar-refractivity contribution in [3.05, 3.63) is 0 Å². The smallest absolute Gasteiger partial charge is 0.279 e. The molecule has 0 radical (unpaired) electrons. The Balaban J connectivity index is 2.18. The van der Waals surface area contributed by atoms with Crippen molar-refractivity contribution in [2.24, 2.45) is 0 Å². The minimum Gasteiger partial charge on any atom is -0.378 e. The summed E-state index contributed by atoms with van der Waals surface area (Å²) in [4.78, 5) is 0. The van der Waals surface area contributed by atoms with E-state index in [2.05, 4.69) is 23.9 Å². The minimum atomic E-state index is -3.36. The van der Waals surface area contributed by atoms with Crippen LogP contribution in [-0.2, 0) is 14.9 Å². The molecule has 6 nitrogen and oxygen atoms in total. The van der Waals surface area contributed by atoms with Crippen LogP contribution in [0.5, 0.6) is 0 Å². The molecule has 1 rings (SSSR count). The third-order valence-corrected chi connectivity index (χ3v) is 5.21. The van der Waals surface area contributed by atoms with Gasteiger partial charge in [0.1, 0.15) is 0 Å². The fourth-order valence-electron chi connectivity index (χ4n) is 2.31. The van der Waals surface area contributed by atoms with Gasteiger partial charge in [-0.05, 0) is 38.6 Å². The van der Waals surface area contributed by atoms with E-state index in [1.807, 2.05) is 0 Å². The fraction of sp³-hybridized carbons (Fsp3) is 1.00. The Morgan fingerprint density at radius 1 is 1.29 bits per heavy atom. The van der Waals surface area contributed by atoms with Crippen LogP contribution in [0.1, 0.15) is 46.0 Å². The summed E-state index contributed by atoms with van der Waals surface area (Å²) in [5.41, 5.74) is 0. The van der Waals surface area contributed by atoms with Crippen LogP contribution in [0.4, 0.5) is 0 Å². The van der Waals surface area contributed by atoms with E-state index >= 15 is 0 Å². The molecule has 0 aromatic carbocycles. The molecule has 1 atom stereocenters. The third-order valence-electron chi connectivity index (χ3n) is 3.64. The zero-order chi connectivity index (χ0) is 15.7. The summed E-state index contributed by atoms with van der Waals surface area (Å²) in [5.74, 6) is 0. The van der Waals surface area contributed by atoms with Gasteiger partial charge in [-0.2, -0.15) is 12.7 Å². The van der Waals surface area contributed by atoms with Gasteiger partial charge in [0.2, 0.25) is 0 Å². The summed E-state index contributed by atoms with van der Waals surface area (Å²) in [5, 5.41) is 3.28. The molecular formula is C14H31N3O3S. The quantitative estimate of drug-likeness (QED) is 0.591. The second-order valence-electron chi connectivity index (χ2n) is 5.96. The minimum absolute atomic E-state index is 0.210. The molecular weight excluding hydrogens is 290 g/mol. The predicted octanol–water partition coefficient (Wildman–Crippen LogP) is 1.10. The molecule has 0 saturated carbocycles. The summed E-state index contributed by atoms with van der Waals surface area (Å²) in [6.45, 7) is 6.76. The Hall–Kier alpha value is -0.210. The van der Waals surface area contributed by atoms with Crippen molar-refractivity contribution >= 4 is 10.2 Å². The van der Waals surface area contributed by atoms with Crippen LogP contribution < -0.4 is 10.0 Å². The van der Waals surface area contributed by atoms with Crippen molar-refractivity contribution in [1.82, 2.24) is 14.3 Å². The molecule has 1 aliphatic heterocycles. The Morgan fingerprint density at radius 2 is 2.05 bits per heavy atom. The van der Waals surface area contributed by atoms with E-state index in [0.717, 1.165) is 38.8 Å². The van der Waals surface area contributed by atoms with Crippen LogP contribution in [0.3, 0.4) is 0 Å². The predicted molar refractivity (Wildman–Crippen MR) is 85.5 cm³/mol. The number of hydrogen-bond acceptors (Lipinski definition) is 4. The molecule has 0 amide bonds. The van der Waals surface area contributed by atoms with Gasteiger partial charge in [0, 0.05) is 32.8 Å². The third kappa shape index (κ3) is 8.11. The summed E-state index contributed by atoms with van der Waals surface area (Å²) >= 11 is 0. The second kappa shape index (κ2) is 9.74. The molecule has 1 fully saturated rings. The van der Waals surface area contributed by atoms with Crippen LogP contribution in [0.25, 0.3) is 0 Å². The van der Waals surface area contributed by atoms with Crippen molar-refractivity contribution < 1.29 is 13.2 Å². The Kier molecular flexibility index (Phi) is 8.73. The first-order chi connectivity index (χ1) is 9.92. The van der Waals surface area contributed by atoms with Gasteiger partial charge in [0.05, 0.1) is 6.10 Å². The maximum Gasteiger partial charge on any atom is 0.279 e. The van der Waals surface area contributed by atoms with E-state index < -0.39 is 10.2 Å². The van der Waals surface area contributed by atoms with Crippen molar-refractivity contribution in [1.29, 1.82) is 0 Å². The van der Waals surface area contributed by atoms with Crippen molar-refractivity contribution in [3.8, 4) is 0 Å². The summed E-state index contributed by atoms with van der Waals surface area (Å²) in [6.07, 6.45) is 5.11. The molecule has 0 aromatic heterocycles. The number of ether oxygens (including phenoxy) is 1. The maximum atomic E-state index is 12.1. The topological polar surface area (TPSA) is 70.7 Å². The zero-order valence-corrected chi connectivity index (χ0v) is 14.4. The lowest BCUT2D eigenvalue weighted by molar-refractivity contribution is 0.0123. The summed E-state index contributed by atoms with van der Waals surface area (Å²) < 4.78 is 33.7. The van der Waals surface area contributed by atoms with Gasteiger partial charge in [0.25, 0.3) is 10.2 Å². The van der Waals surface area contributed by atoms with Gasteiger partial charge in [-0.3, -0.25) is 0 Å². The first kappa shape index (κ1) is 18.8. The highest BCUT2D eigenvalue weighted by Gasteiger charge is 2.18. The van der Waals surface area contributed by atoms with E-state index in [0.29, 0.717) is 19.1 Å². The van der Waals surface area contributed by atoms with Crippen LogP contribution in [0.2, 0.25) is 0 Å². The summed E-state index contributed by atoms with van der Waals surface area (Å²) in [6, 6.07) is 0.431. The van der Waals surface area contributed by atoms with Crippen LogP contribution in [0.15, 0.2) is 0 Å². The Morgan fingerprint density at radius 3 is 2.67 bits per heavy atom. The molecule has 1 unspecified atom stereocenters. The van der Waals surface area contributed by atoms with Gasteiger partial charge in [-0.25, -0.2) is 4.72 Å². The largest absolute Gasteiger partial charge is 0.378 e.